The highest BCUT2D eigenvalue weighted by Crippen LogP contribution is 2.25. The second-order valence-electron chi connectivity index (χ2n) is 5.77. The largest absolute Gasteiger partial charge is 0.399 e. The summed E-state index contributed by atoms with van der Waals surface area (Å²) in [6.45, 7) is 3.23. The molecule has 1 fully saturated rings. The fourth-order valence-corrected chi connectivity index (χ4v) is 2.81. The standard InChI is InChI=1S/C15H24N4O/c1-18-7-5-11(6-8-18)10-19(2)14-4-3-12(16)9-13(14)15(17)20/h3-4,9,11H,5-8,10,16H2,1-2H3,(H2,17,20). The third kappa shape index (κ3) is 3.42. The molecule has 0 spiro atoms. The highest BCUT2D eigenvalue weighted by atomic mass is 16.1. The van der Waals surface area contributed by atoms with Gasteiger partial charge in [-0.25, -0.2) is 0 Å². The van der Waals surface area contributed by atoms with Gasteiger partial charge in [0.2, 0.25) is 0 Å². The molecule has 4 N–H and O–H groups in total. The Balaban J connectivity index is 2.09. The minimum absolute atomic E-state index is 0.428. The molecule has 2 rings (SSSR count). The SMILES string of the molecule is CN1CCC(CN(C)c2ccc(N)cc2C(N)=O)CC1. The van der Waals surface area contributed by atoms with Crippen molar-refractivity contribution < 1.29 is 4.79 Å². The number of carbonyl (C=O) groups excluding carboxylic acids is 1. The van der Waals surface area contributed by atoms with Gasteiger partial charge in [0.25, 0.3) is 5.91 Å². The molecule has 20 heavy (non-hydrogen) atoms. The lowest BCUT2D eigenvalue weighted by atomic mass is 9.96. The average Bonchev–Trinajstić information content (AvgIpc) is 2.41. The Labute approximate surface area is 120 Å². The first-order valence-electron chi connectivity index (χ1n) is 7.06. The molecule has 1 aromatic rings. The number of carbonyl (C=O) groups is 1. The summed E-state index contributed by atoms with van der Waals surface area (Å²) in [7, 11) is 4.17. The quantitative estimate of drug-likeness (QED) is 0.809. The van der Waals surface area contributed by atoms with Crippen LogP contribution in [0.2, 0.25) is 0 Å². The van der Waals surface area contributed by atoms with Crippen molar-refractivity contribution in [2.24, 2.45) is 11.7 Å². The number of hydrogen-bond acceptors (Lipinski definition) is 4. The zero-order valence-corrected chi connectivity index (χ0v) is 12.3. The number of nitrogens with zero attached hydrogens (tertiary/aromatic N) is 2. The minimum atomic E-state index is -0.428. The van der Waals surface area contributed by atoms with Gasteiger partial charge in [0.1, 0.15) is 0 Å². The number of rotatable bonds is 4. The van der Waals surface area contributed by atoms with E-state index < -0.39 is 5.91 Å². The maximum Gasteiger partial charge on any atom is 0.250 e. The minimum Gasteiger partial charge on any atom is -0.399 e. The summed E-state index contributed by atoms with van der Waals surface area (Å²) < 4.78 is 0. The molecule has 0 atom stereocenters. The number of primary amides is 1. The highest BCUT2D eigenvalue weighted by Gasteiger charge is 2.20. The molecule has 1 amide bonds. The summed E-state index contributed by atoms with van der Waals surface area (Å²) in [5, 5.41) is 0. The van der Waals surface area contributed by atoms with E-state index in [2.05, 4.69) is 16.8 Å². The van der Waals surface area contributed by atoms with Gasteiger partial charge in [-0.15, -0.1) is 0 Å². The number of likely N-dealkylation sites (tertiary alicyclic amines) is 1. The molecule has 0 bridgehead atoms. The van der Waals surface area contributed by atoms with Crippen molar-refractivity contribution in [3.05, 3.63) is 23.8 Å². The summed E-state index contributed by atoms with van der Waals surface area (Å²) >= 11 is 0. The maximum absolute atomic E-state index is 11.5. The van der Waals surface area contributed by atoms with E-state index in [0.717, 1.165) is 25.3 Å². The molecule has 110 valence electrons. The lowest BCUT2D eigenvalue weighted by Gasteiger charge is -2.33. The van der Waals surface area contributed by atoms with Crippen LogP contribution in [0.1, 0.15) is 23.2 Å². The van der Waals surface area contributed by atoms with E-state index >= 15 is 0 Å². The van der Waals surface area contributed by atoms with Gasteiger partial charge in [-0.2, -0.15) is 0 Å². The lowest BCUT2D eigenvalue weighted by Crippen LogP contribution is -2.36. The summed E-state index contributed by atoms with van der Waals surface area (Å²) in [5.41, 5.74) is 13.1. The summed E-state index contributed by atoms with van der Waals surface area (Å²) in [4.78, 5) is 16.0. The van der Waals surface area contributed by atoms with E-state index in [1.165, 1.54) is 12.8 Å². The van der Waals surface area contributed by atoms with E-state index in [1.54, 1.807) is 6.07 Å². The number of amides is 1. The zero-order valence-electron chi connectivity index (χ0n) is 12.3. The molecule has 0 unspecified atom stereocenters. The second kappa shape index (κ2) is 6.13. The van der Waals surface area contributed by atoms with Crippen molar-refractivity contribution >= 4 is 17.3 Å². The van der Waals surface area contributed by atoms with Gasteiger partial charge >= 0.3 is 0 Å². The van der Waals surface area contributed by atoms with Crippen LogP contribution in [0.4, 0.5) is 11.4 Å². The number of piperidine rings is 1. The van der Waals surface area contributed by atoms with Gasteiger partial charge < -0.3 is 21.3 Å². The van der Waals surface area contributed by atoms with Crippen LogP contribution in [-0.4, -0.2) is 44.5 Å². The van der Waals surface area contributed by atoms with Crippen LogP contribution in [0.15, 0.2) is 18.2 Å². The molecule has 0 aromatic heterocycles. The van der Waals surface area contributed by atoms with Gasteiger partial charge in [0, 0.05) is 25.0 Å². The van der Waals surface area contributed by atoms with E-state index in [9.17, 15) is 4.79 Å². The van der Waals surface area contributed by atoms with Crippen LogP contribution in [0.25, 0.3) is 0 Å². The molecule has 1 aliphatic rings. The predicted molar refractivity (Wildman–Crippen MR) is 82.9 cm³/mol. The van der Waals surface area contributed by atoms with Crippen LogP contribution in [0, 0.1) is 5.92 Å². The van der Waals surface area contributed by atoms with Gasteiger partial charge in [0.15, 0.2) is 0 Å². The molecule has 1 heterocycles. The normalized spacial score (nSPS) is 17.1. The van der Waals surface area contributed by atoms with Crippen molar-refractivity contribution in [1.82, 2.24) is 4.90 Å². The Morgan fingerprint density at radius 1 is 1.40 bits per heavy atom. The van der Waals surface area contributed by atoms with Crippen LogP contribution in [0.3, 0.4) is 0 Å². The van der Waals surface area contributed by atoms with E-state index in [4.69, 9.17) is 11.5 Å². The van der Waals surface area contributed by atoms with Crippen molar-refractivity contribution in [2.75, 3.05) is 44.4 Å². The van der Waals surface area contributed by atoms with E-state index in [0.29, 0.717) is 17.2 Å². The Kier molecular flexibility index (Phi) is 4.49. The van der Waals surface area contributed by atoms with Crippen molar-refractivity contribution in [3.8, 4) is 0 Å². The Morgan fingerprint density at radius 3 is 2.65 bits per heavy atom. The summed E-state index contributed by atoms with van der Waals surface area (Å²) in [6, 6.07) is 5.35. The Bertz CT molecular complexity index is 481. The topological polar surface area (TPSA) is 75.6 Å². The first-order valence-corrected chi connectivity index (χ1v) is 7.06. The summed E-state index contributed by atoms with van der Waals surface area (Å²) in [5.74, 6) is 0.233. The summed E-state index contributed by atoms with van der Waals surface area (Å²) in [6.07, 6.45) is 2.39. The van der Waals surface area contributed by atoms with Crippen molar-refractivity contribution in [2.45, 2.75) is 12.8 Å². The van der Waals surface area contributed by atoms with E-state index in [-0.39, 0.29) is 0 Å². The lowest BCUT2D eigenvalue weighted by molar-refractivity contribution is 0.100. The third-order valence-corrected chi connectivity index (χ3v) is 4.07. The molecule has 0 saturated carbocycles. The van der Waals surface area contributed by atoms with Crippen LogP contribution in [0.5, 0.6) is 0 Å². The smallest absolute Gasteiger partial charge is 0.250 e. The molecule has 1 saturated heterocycles. The Hall–Kier alpha value is -1.75. The molecule has 1 aromatic carbocycles. The van der Waals surface area contributed by atoms with Gasteiger partial charge in [0.05, 0.1) is 5.56 Å². The predicted octanol–water partition coefficient (Wildman–Crippen LogP) is 1.15. The van der Waals surface area contributed by atoms with Crippen LogP contribution in [-0.2, 0) is 0 Å². The second-order valence-corrected chi connectivity index (χ2v) is 5.77. The Morgan fingerprint density at radius 2 is 2.05 bits per heavy atom. The third-order valence-electron chi connectivity index (χ3n) is 4.07. The number of anilines is 2. The first kappa shape index (κ1) is 14.7. The average molecular weight is 276 g/mol. The number of hydrogen-bond donors (Lipinski definition) is 2. The number of nitrogens with two attached hydrogens (primary N) is 2. The van der Waals surface area contributed by atoms with Gasteiger partial charge in [-0.05, 0) is 57.1 Å². The first-order chi connectivity index (χ1) is 9.47. The fraction of sp³-hybridized carbons (Fsp3) is 0.533. The van der Waals surface area contributed by atoms with Crippen LogP contribution >= 0.6 is 0 Å². The van der Waals surface area contributed by atoms with E-state index in [1.807, 2.05) is 19.2 Å². The van der Waals surface area contributed by atoms with Gasteiger partial charge in [-0.3, -0.25) is 4.79 Å². The molecular weight excluding hydrogens is 252 g/mol. The molecule has 0 aliphatic carbocycles. The zero-order chi connectivity index (χ0) is 14.7. The molecule has 5 nitrogen and oxygen atoms in total. The van der Waals surface area contributed by atoms with Crippen molar-refractivity contribution in [1.29, 1.82) is 0 Å². The molecular formula is C15H24N4O. The molecule has 1 aliphatic heterocycles. The van der Waals surface area contributed by atoms with Gasteiger partial charge in [-0.1, -0.05) is 0 Å². The molecule has 5 heteroatoms. The number of benzene rings is 1. The highest BCUT2D eigenvalue weighted by molar-refractivity contribution is 5.99. The monoisotopic (exact) mass is 276 g/mol. The maximum atomic E-state index is 11.5. The fourth-order valence-electron chi connectivity index (χ4n) is 2.81. The van der Waals surface area contributed by atoms with Crippen LogP contribution < -0.4 is 16.4 Å². The van der Waals surface area contributed by atoms with Crippen molar-refractivity contribution in [3.63, 3.8) is 0 Å². The number of nitrogen functional groups attached to an aromatic ring is 1. The molecule has 0 radical (unpaired) electrons.